The lowest BCUT2D eigenvalue weighted by molar-refractivity contribution is 0.103. The molecule has 1 fully saturated rings. The number of ether oxygens (including phenoxy) is 2. The Bertz CT molecular complexity index is 546. The topological polar surface area (TPSA) is 54.3 Å². The molecule has 0 amide bonds. The number of nitriles is 1. The Kier molecular flexibility index (Phi) is 4.14. The van der Waals surface area contributed by atoms with Crippen LogP contribution in [0.15, 0.2) is 18.2 Å². The number of aryl methyl sites for hydroxylation is 1. The van der Waals surface area contributed by atoms with E-state index in [-0.39, 0.29) is 6.10 Å². The first-order valence-electron chi connectivity index (χ1n) is 7.68. The molecule has 4 heteroatoms. The van der Waals surface area contributed by atoms with E-state index in [2.05, 4.69) is 23.5 Å². The molecule has 4 nitrogen and oxygen atoms in total. The minimum absolute atomic E-state index is 0.266. The fraction of sp³-hybridized carbons (Fsp3) is 0.588. The zero-order valence-electron chi connectivity index (χ0n) is 12.5. The molecule has 0 spiro atoms. The van der Waals surface area contributed by atoms with Crippen LogP contribution < -0.4 is 10.1 Å². The van der Waals surface area contributed by atoms with Crippen LogP contribution in [-0.4, -0.2) is 31.9 Å². The number of fused-ring (bicyclic) bond motifs is 1. The number of benzene rings is 1. The molecule has 1 aliphatic carbocycles. The summed E-state index contributed by atoms with van der Waals surface area (Å²) in [4.78, 5) is 0. The lowest BCUT2D eigenvalue weighted by Gasteiger charge is -2.34. The molecule has 0 radical (unpaired) electrons. The quantitative estimate of drug-likeness (QED) is 0.922. The van der Waals surface area contributed by atoms with E-state index in [1.54, 1.807) is 7.11 Å². The summed E-state index contributed by atoms with van der Waals surface area (Å²) in [5.74, 6) is 0.863. The van der Waals surface area contributed by atoms with Gasteiger partial charge in [0.05, 0.1) is 19.3 Å². The third-order valence-corrected chi connectivity index (χ3v) is 4.63. The second-order valence-corrected chi connectivity index (χ2v) is 6.02. The number of nitrogens with one attached hydrogen (secondary N) is 1. The van der Waals surface area contributed by atoms with Crippen LogP contribution in [0.5, 0.6) is 5.75 Å². The molecule has 1 N–H and O–H groups in total. The van der Waals surface area contributed by atoms with Crippen LogP contribution in [0.1, 0.15) is 30.4 Å². The van der Waals surface area contributed by atoms with Gasteiger partial charge in [0.1, 0.15) is 11.3 Å². The summed E-state index contributed by atoms with van der Waals surface area (Å²) in [6, 6.07) is 8.69. The van der Waals surface area contributed by atoms with E-state index in [1.165, 1.54) is 11.1 Å². The van der Waals surface area contributed by atoms with Gasteiger partial charge < -0.3 is 9.47 Å². The van der Waals surface area contributed by atoms with Crippen molar-refractivity contribution in [2.45, 2.75) is 43.7 Å². The summed E-state index contributed by atoms with van der Waals surface area (Å²) < 4.78 is 10.9. The monoisotopic (exact) mass is 286 g/mol. The van der Waals surface area contributed by atoms with Crippen LogP contribution in [0, 0.1) is 11.3 Å². The molecule has 0 bridgehead atoms. The zero-order valence-corrected chi connectivity index (χ0v) is 12.5. The van der Waals surface area contributed by atoms with E-state index in [0.717, 1.165) is 51.0 Å². The van der Waals surface area contributed by atoms with Crippen molar-refractivity contribution >= 4 is 0 Å². The zero-order chi connectivity index (χ0) is 14.7. The summed E-state index contributed by atoms with van der Waals surface area (Å²) in [7, 11) is 1.68. The lowest BCUT2D eigenvalue weighted by Crippen LogP contribution is -2.50. The molecular formula is C17H22N2O2. The highest BCUT2D eigenvalue weighted by Gasteiger charge is 2.35. The van der Waals surface area contributed by atoms with Gasteiger partial charge in [-0.25, -0.2) is 0 Å². The van der Waals surface area contributed by atoms with Crippen LogP contribution in [0.3, 0.4) is 0 Å². The van der Waals surface area contributed by atoms with Gasteiger partial charge in [0.15, 0.2) is 0 Å². The maximum Gasteiger partial charge on any atom is 0.119 e. The number of hydrogen-bond donors (Lipinski definition) is 1. The minimum Gasteiger partial charge on any atom is -0.497 e. The normalized spacial score (nSPS) is 27.9. The summed E-state index contributed by atoms with van der Waals surface area (Å²) >= 11 is 0. The first-order valence-corrected chi connectivity index (χ1v) is 7.68. The van der Waals surface area contributed by atoms with Crippen LogP contribution in [0.25, 0.3) is 0 Å². The Morgan fingerprint density at radius 2 is 2.38 bits per heavy atom. The van der Waals surface area contributed by atoms with Crippen molar-refractivity contribution in [3.63, 3.8) is 0 Å². The first kappa shape index (κ1) is 14.4. The van der Waals surface area contributed by atoms with Gasteiger partial charge in [0.2, 0.25) is 0 Å². The molecule has 0 saturated carbocycles. The van der Waals surface area contributed by atoms with Crippen molar-refractivity contribution in [3.8, 4) is 11.8 Å². The second-order valence-electron chi connectivity index (χ2n) is 6.02. The van der Waals surface area contributed by atoms with Gasteiger partial charge in [-0.15, -0.1) is 0 Å². The highest BCUT2D eigenvalue weighted by atomic mass is 16.5. The third kappa shape index (κ3) is 3.04. The van der Waals surface area contributed by atoms with E-state index in [4.69, 9.17) is 9.47 Å². The summed E-state index contributed by atoms with van der Waals surface area (Å²) in [6.45, 7) is 1.62. The SMILES string of the molecule is COc1ccc2c(c1)CC(C#N)(NCC1CCCO1)CC2. The van der Waals surface area contributed by atoms with Crippen LogP contribution in [0.4, 0.5) is 0 Å². The standard InChI is InChI=1S/C17H22N2O2/c1-20-15-5-4-13-6-7-17(12-18,10-14(13)9-15)19-11-16-3-2-8-21-16/h4-5,9,16,19H,2-3,6-8,10-11H2,1H3. The predicted octanol–water partition coefficient (Wildman–Crippen LogP) is 2.21. The molecule has 21 heavy (non-hydrogen) atoms. The highest BCUT2D eigenvalue weighted by Crippen LogP contribution is 2.31. The van der Waals surface area contributed by atoms with Crippen molar-refractivity contribution in [1.82, 2.24) is 5.32 Å². The molecule has 3 rings (SSSR count). The van der Waals surface area contributed by atoms with Crippen LogP contribution in [-0.2, 0) is 17.6 Å². The van der Waals surface area contributed by atoms with Gasteiger partial charge in [-0.05, 0) is 48.9 Å². The molecule has 1 aromatic carbocycles. The molecule has 2 atom stereocenters. The van der Waals surface area contributed by atoms with E-state index in [0.29, 0.717) is 0 Å². The third-order valence-electron chi connectivity index (χ3n) is 4.63. The van der Waals surface area contributed by atoms with Gasteiger partial charge in [-0.1, -0.05) is 6.07 Å². The number of nitrogens with zero attached hydrogens (tertiary/aromatic N) is 1. The molecule has 1 heterocycles. The molecular weight excluding hydrogens is 264 g/mol. The Morgan fingerprint density at radius 1 is 1.48 bits per heavy atom. The molecule has 1 aliphatic heterocycles. The highest BCUT2D eigenvalue weighted by molar-refractivity contribution is 5.40. The lowest BCUT2D eigenvalue weighted by atomic mass is 9.78. The van der Waals surface area contributed by atoms with Crippen molar-refractivity contribution < 1.29 is 9.47 Å². The minimum atomic E-state index is -0.467. The fourth-order valence-corrected chi connectivity index (χ4v) is 3.30. The Morgan fingerprint density at radius 3 is 3.10 bits per heavy atom. The second kappa shape index (κ2) is 6.05. The van der Waals surface area contributed by atoms with Gasteiger partial charge in [0, 0.05) is 19.6 Å². The molecule has 1 saturated heterocycles. The number of methoxy groups -OCH3 is 1. The van der Waals surface area contributed by atoms with E-state index >= 15 is 0 Å². The van der Waals surface area contributed by atoms with Crippen LogP contribution >= 0.6 is 0 Å². The molecule has 1 aromatic rings. The smallest absolute Gasteiger partial charge is 0.119 e. The van der Waals surface area contributed by atoms with Crippen molar-refractivity contribution in [1.29, 1.82) is 5.26 Å². The van der Waals surface area contributed by atoms with E-state index < -0.39 is 5.54 Å². The predicted molar refractivity (Wildman–Crippen MR) is 80.3 cm³/mol. The van der Waals surface area contributed by atoms with Gasteiger partial charge in [0.25, 0.3) is 0 Å². The fourth-order valence-electron chi connectivity index (χ4n) is 3.30. The van der Waals surface area contributed by atoms with Crippen molar-refractivity contribution in [3.05, 3.63) is 29.3 Å². The van der Waals surface area contributed by atoms with Gasteiger partial charge in [-0.2, -0.15) is 5.26 Å². The molecule has 2 aliphatic rings. The number of hydrogen-bond acceptors (Lipinski definition) is 4. The maximum absolute atomic E-state index is 9.68. The van der Waals surface area contributed by atoms with Crippen molar-refractivity contribution in [2.75, 3.05) is 20.3 Å². The molecule has 2 unspecified atom stereocenters. The average molecular weight is 286 g/mol. The maximum atomic E-state index is 9.68. The largest absolute Gasteiger partial charge is 0.497 e. The molecule has 112 valence electrons. The average Bonchev–Trinajstić information content (AvgIpc) is 3.05. The summed E-state index contributed by atoms with van der Waals surface area (Å²) in [6.07, 6.45) is 5.02. The van der Waals surface area contributed by atoms with Crippen molar-refractivity contribution in [2.24, 2.45) is 0 Å². The first-order chi connectivity index (χ1) is 10.2. The Balaban J connectivity index is 1.72. The Labute approximate surface area is 126 Å². The van der Waals surface area contributed by atoms with Gasteiger partial charge >= 0.3 is 0 Å². The van der Waals surface area contributed by atoms with Gasteiger partial charge in [-0.3, -0.25) is 5.32 Å². The Hall–Kier alpha value is -1.57. The van der Waals surface area contributed by atoms with E-state index in [9.17, 15) is 5.26 Å². The summed E-state index contributed by atoms with van der Waals surface area (Å²) in [5.41, 5.74) is 2.09. The number of rotatable bonds is 4. The summed E-state index contributed by atoms with van der Waals surface area (Å²) in [5, 5.41) is 13.2. The van der Waals surface area contributed by atoms with Crippen LogP contribution in [0.2, 0.25) is 0 Å². The molecule has 0 aromatic heterocycles. The van der Waals surface area contributed by atoms with E-state index in [1.807, 2.05) is 6.07 Å².